The summed E-state index contributed by atoms with van der Waals surface area (Å²) in [6, 6.07) is 24.3. The van der Waals surface area contributed by atoms with Crippen LogP contribution in [0, 0.1) is 30.6 Å². The Kier molecular flexibility index (Phi) is 14.8. The molecule has 0 radical (unpaired) electrons. The lowest BCUT2D eigenvalue weighted by Crippen LogP contribution is -2.31. The molecule has 4 saturated carbocycles. The predicted octanol–water partition coefficient (Wildman–Crippen LogP) is 15.1. The molecule has 3 aromatic heterocycles. The summed E-state index contributed by atoms with van der Waals surface area (Å²) in [5.41, 5.74) is 12.3. The number of anilines is 4. The second kappa shape index (κ2) is 21.5. The van der Waals surface area contributed by atoms with Crippen LogP contribution >= 0.6 is 47.8 Å². The summed E-state index contributed by atoms with van der Waals surface area (Å²) in [5, 5.41) is 16.6. The molecule has 15 rings (SSSR count). The highest BCUT2D eigenvalue weighted by Gasteiger charge is 2.49. The van der Waals surface area contributed by atoms with E-state index in [9.17, 15) is 19.2 Å². The second-order valence-electron chi connectivity index (χ2n) is 25.1. The number of hydrogen-bond donors (Lipinski definition) is 4. The zero-order valence-corrected chi connectivity index (χ0v) is 52.5. The molecule has 426 valence electrons. The summed E-state index contributed by atoms with van der Waals surface area (Å²) >= 11 is 10.4. The summed E-state index contributed by atoms with van der Waals surface area (Å²) in [5.74, 6) is 4.33. The normalized spacial score (nSPS) is 24.4. The molecule has 4 atom stereocenters. The van der Waals surface area contributed by atoms with E-state index in [0.717, 1.165) is 154 Å². The van der Waals surface area contributed by atoms with Crippen molar-refractivity contribution in [3.8, 4) is 22.6 Å². The third-order valence-corrected chi connectivity index (χ3v) is 20.2. The van der Waals surface area contributed by atoms with Gasteiger partial charge in [-0.1, -0.05) is 105 Å². The van der Waals surface area contributed by atoms with E-state index < -0.39 is 5.41 Å². The summed E-state index contributed by atoms with van der Waals surface area (Å²) in [6.07, 6.45) is 17.5. The molecule has 0 saturated heterocycles. The van der Waals surface area contributed by atoms with E-state index in [0.29, 0.717) is 5.92 Å². The highest BCUT2D eigenvalue weighted by atomic mass is 79.9. The van der Waals surface area contributed by atoms with Crippen molar-refractivity contribution in [2.24, 2.45) is 23.7 Å². The van der Waals surface area contributed by atoms with Crippen LogP contribution in [0.1, 0.15) is 147 Å². The van der Waals surface area contributed by atoms with Crippen molar-refractivity contribution in [2.45, 2.75) is 160 Å². The van der Waals surface area contributed by atoms with Gasteiger partial charge in [-0.3, -0.25) is 23.9 Å². The highest BCUT2D eigenvalue weighted by Crippen LogP contribution is 2.52. The van der Waals surface area contributed by atoms with Gasteiger partial charge in [0.1, 0.15) is 23.4 Å². The first-order valence-electron chi connectivity index (χ1n) is 29.3. The summed E-state index contributed by atoms with van der Waals surface area (Å²) in [6.45, 7) is 16.1. The maximum Gasteiger partial charge on any atom is 0.234 e. The smallest absolute Gasteiger partial charge is 0.234 e. The number of aromatic nitrogens is 6. The Bertz CT molecular complexity index is 3540. The van der Waals surface area contributed by atoms with Crippen LogP contribution in [0.3, 0.4) is 0 Å². The maximum atomic E-state index is 12.9. The number of benzene rings is 4. The van der Waals surface area contributed by atoms with Crippen LogP contribution < -0.4 is 21.3 Å². The van der Waals surface area contributed by atoms with Crippen molar-refractivity contribution in [1.29, 1.82) is 0 Å². The summed E-state index contributed by atoms with van der Waals surface area (Å²) in [4.78, 5) is 63.5. The number of nitrogens with one attached hydrogen (secondary N) is 4. The lowest BCUT2D eigenvalue weighted by atomic mass is 9.78. The first kappa shape index (κ1) is 56.4. The molecule has 4 aromatic carbocycles. The van der Waals surface area contributed by atoms with Crippen molar-refractivity contribution in [3.63, 3.8) is 0 Å². The van der Waals surface area contributed by atoms with Gasteiger partial charge in [0.25, 0.3) is 0 Å². The Morgan fingerprint density at radius 1 is 0.524 bits per heavy atom. The third kappa shape index (κ3) is 10.6. The molecular weight excluding hydrogens is 1220 g/mol. The van der Waals surface area contributed by atoms with E-state index in [1.807, 2.05) is 59.4 Å². The topological polar surface area (TPSA) is 178 Å². The van der Waals surface area contributed by atoms with E-state index in [1.165, 1.54) is 51.4 Å². The molecule has 7 heterocycles. The van der Waals surface area contributed by atoms with Crippen LogP contribution in [-0.2, 0) is 53.9 Å². The van der Waals surface area contributed by atoms with E-state index in [1.54, 1.807) is 6.33 Å². The summed E-state index contributed by atoms with van der Waals surface area (Å²) in [7, 11) is 0. The molecule has 14 nitrogen and oxygen atoms in total. The third-order valence-electron chi connectivity index (χ3n) is 18.7. The first-order chi connectivity index (χ1) is 39.2. The molecule has 4 aliphatic carbocycles. The fourth-order valence-electron chi connectivity index (χ4n) is 13.1. The molecule has 4 unspecified atom stereocenters. The average Bonchev–Trinajstić information content (AvgIpc) is 4.35. The zero-order chi connectivity index (χ0) is 57.6. The molecule has 8 aliphatic rings. The van der Waals surface area contributed by atoms with Crippen molar-refractivity contribution in [2.75, 3.05) is 21.3 Å². The Morgan fingerprint density at radius 3 is 1.26 bits per heavy atom. The second-order valence-corrected chi connectivity index (χ2v) is 27.8. The van der Waals surface area contributed by atoms with Gasteiger partial charge in [-0.25, -0.2) is 15.0 Å². The maximum absolute atomic E-state index is 12.9. The van der Waals surface area contributed by atoms with Gasteiger partial charge in [-0.2, -0.15) is 5.10 Å². The van der Waals surface area contributed by atoms with Crippen LogP contribution in [0.2, 0.25) is 0 Å². The molecule has 0 bridgehead atoms. The Morgan fingerprint density at radius 2 is 0.902 bits per heavy atom. The van der Waals surface area contributed by atoms with Gasteiger partial charge in [0.05, 0.1) is 33.4 Å². The molecule has 4 aliphatic heterocycles. The number of fused-ring (bicyclic) bond motifs is 5. The Hall–Kier alpha value is -6.04. The Labute approximate surface area is 505 Å². The minimum absolute atomic E-state index is 0.0975. The van der Waals surface area contributed by atoms with Gasteiger partial charge in [0.15, 0.2) is 5.65 Å². The lowest BCUT2D eigenvalue weighted by molar-refractivity contribution is -0.121. The zero-order valence-electron chi connectivity index (χ0n) is 47.7. The standard InChI is InChI=1S/C26H29N7O.3C13H14BrNO/c1-5-32-23(18-13-29-33(6-2)15(18)3)31-22-21(27-14-28-24(22)32)17-9-10-20-19(11-17)26(4,25(34)30-20)12-16-7-8-16;3*1-13(7-8-2-3-8)10-6-9(14)4-5-11(10)15-12(13)16/h9-11,13-14,16H,5-8,12H2,1-4H3,(H,30,34);3*4-6,8H,2-3,7H2,1H3,(H,15,16). The number of halogens is 3. The van der Waals surface area contributed by atoms with E-state index in [4.69, 9.17) is 4.98 Å². The van der Waals surface area contributed by atoms with Gasteiger partial charge in [-0.15, -0.1) is 0 Å². The Balaban J connectivity index is 0.000000117. The number of carbonyl (C=O) groups excluding carboxylic acids is 4. The van der Waals surface area contributed by atoms with E-state index >= 15 is 0 Å². The number of rotatable bonds is 12. The minimum atomic E-state index is -0.502. The number of hydrogen-bond acceptors (Lipinski definition) is 8. The van der Waals surface area contributed by atoms with Gasteiger partial charge < -0.3 is 25.8 Å². The molecule has 7 aromatic rings. The van der Waals surface area contributed by atoms with Crippen LogP contribution in [0.5, 0.6) is 0 Å². The van der Waals surface area contributed by atoms with Gasteiger partial charge in [0, 0.05) is 60.5 Å². The van der Waals surface area contributed by atoms with Gasteiger partial charge in [0.2, 0.25) is 23.6 Å². The van der Waals surface area contributed by atoms with E-state index in [-0.39, 0.29) is 39.9 Å². The number of nitrogens with zero attached hydrogens (tertiary/aromatic N) is 6. The van der Waals surface area contributed by atoms with Gasteiger partial charge >= 0.3 is 0 Å². The van der Waals surface area contributed by atoms with Crippen molar-refractivity contribution >= 4 is 105 Å². The molecule has 4 fully saturated rings. The van der Waals surface area contributed by atoms with Crippen molar-refractivity contribution in [1.82, 2.24) is 29.3 Å². The molecule has 4 amide bonds. The van der Waals surface area contributed by atoms with Gasteiger partial charge in [-0.05, 0) is 187 Å². The van der Waals surface area contributed by atoms with Crippen molar-refractivity contribution < 1.29 is 19.2 Å². The molecular formula is C65H71Br3N10O4. The SMILES string of the molecule is CC1(CC2CC2)C(=O)Nc2ccc(Br)cc21.CC1(CC2CC2)C(=O)Nc2ccc(Br)cc21.CC1(CC2CC2)C(=O)Nc2ccc(Br)cc21.CCn1ncc(-c2nc3c(-c4ccc5c(c4)C(C)(CC4CC4)C(=O)N5)ncnc3n2CC)c1C. The summed E-state index contributed by atoms with van der Waals surface area (Å²) < 4.78 is 7.24. The number of aryl methyl sites for hydroxylation is 2. The quantitative estimate of drug-likeness (QED) is 0.0934. The first-order valence-corrected chi connectivity index (χ1v) is 31.7. The molecule has 0 spiro atoms. The van der Waals surface area contributed by atoms with Crippen LogP contribution in [0.25, 0.3) is 33.8 Å². The van der Waals surface area contributed by atoms with Crippen LogP contribution in [0.4, 0.5) is 22.7 Å². The predicted molar refractivity (Wildman–Crippen MR) is 334 cm³/mol. The molecule has 17 heteroatoms. The number of amides is 4. The van der Waals surface area contributed by atoms with Crippen molar-refractivity contribution in [3.05, 3.63) is 127 Å². The van der Waals surface area contributed by atoms with Crippen LogP contribution in [-0.4, -0.2) is 52.9 Å². The lowest BCUT2D eigenvalue weighted by Gasteiger charge is -2.22. The molecule has 82 heavy (non-hydrogen) atoms. The van der Waals surface area contributed by atoms with E-state index in [2.05, 4.69) is 161 Å². The number of carbonyl (C=O) groups is 4. The fourth-order valence-corrected chi connectivity index (χ4v) is 14.2. The monoisotopic (exact) mass is 1290 g/mol. The molecule has 4 N–H and O–H groups in total. The number of imidazole rings is 1. The minimum Gasteiger partial charge on any atom is -0.325 e. The van der Waals surface area contributed by atoms with Crippen LogP contribution in [0.15, 0.2) is 98.7 Å². The fraction of sp³-hybridized carbons (Fsp3) is 0.446. The average molecular weight is 1300 g/mol. The largest absolute Gasteiger partial charge is 0.325 e. The highest BCUT2D eigenvalue weighted by molar-refractivity contribution is 9.11.